The number of morpholine rings is 1. The van der Waals surface area contributed by atoms with E-state index in [4.69, 9.17) is 4.74 Å². The summed E-state index contributed by atoms with van der Waals surface area (Å²) in [5, 5.41) is 0. The predicted octanol–water partition coefficient (Wildman–Crippen LogP) is 2.39. The zero-order chi connectivity index (χ0) is 12.5. The van der Waals surface area contributed by atoms with Crippen LogP contribution in [0.1, 0.15) is 31.4 Å². The molecule has 1 amide bonds. The molecular weight excluding hydrogens is 226 g/mol. The molecule has 2 unspecified atom stereocenters. The highest BCUT2D eigenvalue weighted by Gasteiger charge is 2.39. The van der Waals surface area contributed by atoms with Crippen molar-refractivity contribution < 1.29 is 9.53 Å². The zero-order valence-corrected chi connectivity index (χ0v) is 10.7. The number of amides is 1. The molecule has 1 heterocycles. The van der Waals surface area contributed by atoms with Crippen molar-refractivity contribution in [2.75, 3.05) is 13.2 Å². The fraction of sp³-hybridized carbons (Fsp3) is 0.533. The van der Waals surface area contributed by atoms with Gasteiger partial charge in [0.15, 0.2) is 0 Å². The molecule has 2 fully saturated rings. The van der Waals surface area contributed by atoms with Crippen LogP contribution in [-0.4, -0.2) is 30.0 Å². The largest absolute Gasteiger partial charge is 0.370 e. The number of carbonyl (C=O) groups is 1. The number of hydrogen-bond donors (Lipinski definition) is 0. The van der Waals surface area contributed by atoms with Crippen LogP contribution in [0.3, 0.4) is 0 Å². The number of nitrogens with zero attached hydrogens (tertiary/aromatic N) is 1. The SMILES string of the molecule is CC1C(c2ccccc2)OCCN1C(=O)C1CC1. The maximum Gasteiger partial charge on any atom is 0.226 e. The number of hydrogen-bond acceptors (Lipinski definition) is 2. The minimum absolute atomic E-state index is 0.0163. The molecule has 0 radical (unpaired) electrons. The normalized spacial score (nSPS) is 28.2. The van der Waals surface area contributed by atoms with Gasteiger partial charge in [0.05, 0.1) is 12.6 Å². The molecular formula is C15H19NO2. The van der Waals surface area contributed by atoms with Crippen molar-refractivity contribution in [3.8, 4) is 0 Å². The van der Waals surface area contributed by atoms with E-state index in [2.05, 4.69) is 19.1 Å². The molecule has 96 valence electrons. The summed E-state index contributed by atoms with van der Waals surface area (Å²) in [6.07, 6.45) is 2.15. The fourth-order valence-electron chi connectivity index (χ4n) is 2.68. The minimum Gasteiger partial charge on any atom is -0.370 e. The van der Waals surface area contributed by atoms with Gasteiger partial charge in [0.1, 0.15) is 6.10 Å². The Hall–Kier alpha value is -1.35. The van der Waals surface area contributed by atoms with E-state index in [1.54, 1.807) is 0 Å². The van der Waals surface area contributed by atoms with Crippen LogP contribution in [0.25, 0.3) is 0 Å². The van der Waals surface area contributed by atoms with Crippen molar-refractivity contribution in [3.05, 3.63) is 35.9 Å². The van der Waals surface area contributed by atoms with Gasteiger partial charge in [-0.25, -0.2) is 0 Å². The molecule has 1 aliphatic carbocycles. The molecule has 3 heteroatoms. The Labute approximate surface area is 108 Å². The number of rotatable bonds is 2. The van der Waals surface area contributed by atoms with E-state index in [1.165, 1.54) is 5.56 Å². The highest BCUT2D eigenvalue weighted by atomic mass is 16.5. The Balaban J connectivity index is 1.78. The van der Waals surface area contributed by atoms with Gasteiger partial charge >= 0.3 is 0 Å². The Morgan fingerprint density at radius 3 is 2.67 bits per heavy atom. The van der Waals surface area contributed by atoms with Crippen molar-refractivity contribution in [1.82, 2.24) is 4.90 Å². The predicted molar refractivity (Wildman–Crippen MR) is 69.0 cm³/mol. The maximum absolute atomic E-state index is 12.2. The molecule has 18 heavy (non-hydrogen) atoms. The van der Waals surface area contributed by atoms with Crippen molar-refractivity contribution in [1.29, 1.82) is 0 Å². The standard InChI is InChI=1S/C15H19NO2/c1-11-14(12-5-3-2-4-6-12)18-10-9-16(11)15(17)13-7-8-13/h2-6,11,13-14H,7-10H2,1H3. The third-order valence-electron chi connectivity index (χ3n) is 3.90. The molecule has 1 saturated heterocycles. The van der Waals surface area contributed by atoms with E-state index in [0.29, 0.717) is 18.4 Å². The van der Waals surface area contributed by atoms with Crippen LogP contribution in [-0.2, 0) is 9.53 Å². The monoisotopic (exact) mass is 245 g/mol. The van der Waals surface area contributed by atoms with E-state index in [1.807, 2.05) is 23.1 Å². The molecule has 0 aromatic heterocycles. The Bertz CT molecular complexity index is 427. The van der Waals surface area contributed by atoms with Crippen molar-refractivity contribution in [2.45, 2.75) is 31.9 Å². The lowest BCUT2D eigenvalue weighted by Gasteiger charge is -2.39. The topological polar surface area (TPSA) is 29.5 Å². The molecule has 1 aliphatic heterocycles. The van der Waals surface area contributed by atoms with Crippen LogP contribution in [0.2, 0.25) is 0 Å². The lowest BCUT2D eigenvalue weighted by Crippen LogP contribution is -2.49. The quantitative estimate of drug-likeness (QED) is 0.800. The summed E-state index contributed by atoms with van der Waals surface area (Å²) in [5.74, 6) is 0.619. The molecule has 0 spiro atoms. The van der Waals surface area contributed by atoms with Gasteiger partial charge < -0.3 is 9.64 Å². The van der Waals surface area contributed by atoms with Crippen LogP contribution in [0, 0.1) is 5.92 Å². The summed E-state index contributed by atoms with van der Waals surface area (Å²) in [4.78, 5) is 14.2. The van der Waals surface area contributed by atoms with Crippen LogP contribution in [0.5, 0.6) is 0 Å². The third-order valence-corrected chi connectivity index (χ3v) is 3.90. The van der Waals surface area contributed by atoms with Gasteiger partial charge in [-0.05, 0) is 25.3 Å². The summed E-state index contributed by atoms with van der Waals surface area (Å²) in [7, 11) is 0. The molecule has 0 bridgehead atoms. The number of carbonyl (C=O) groups excluding carboxylic acids is 1. The smallest absolute Gasteiger partial charge is 0.226 e. The molecule has 2 atom stereocenters. The van der Waals surface area contributed by atoms with Gasteiger partial charge in [-0.3, -0.25) is 4.79 Å². The first-order chi connectivity index (χ1) is 8.77. The number of benzene rings is 1. The summed E-state index contributed by atoms with van der Waals surface area (Å²) in [6.45, 7) is 3.47. The molecule has 1 aromatic rings. The molecule has 2 aliphatic rings. The average Bonchev–Trinajstić information content (AvgIpc) is 3.24. The summed E-state index contributed by atoms with van der Waals surface area (Å²) >= 11 is 0. The third kappa shape index (κ3) is 2.15. The van der Waals surface area contributed by atoms with Gasteiger partial charge in [-0.2, -0.15) is 0 Å². The van der Waals surface area contributed by atoms with E-state index in [9.17, 15) is 4.79 Å². The van der Waals surface area contributed by atoms with Crippen LogP contribution < -0.4 is 0 Å². The average molecular weight is 245 g/mol. The van der Waals surface area contributed by atoms with E-state index < -0.39 is 0 Å². The van der Waals surface area contributed by atoms with Gasteiger partial charge in [0.2, 0.25) is 5.91 Å². The highest BCUT2D eigenvalue weighted by molar-refractivity contribution is 5.81. The Morgan fingerprint density at radius 2 is 2.00 bits per heavy atom. The summed E-state index contributed by atoms with van der Waals surface area (Å²) in [6, 6.07) is 10.3. The second kappa shape index (κ2) is 4.73. The first-order valence-electron chi connectivity index (χ1n) is 6.74. The van der Waals surface area contributed by atoms with Gasteiger partial charge in [-0.1, -0.05) is 30.3 Å². The Morgan fingerprint density at radius 1 is 1.28 bits per heavy atom. The zero-order valence-electron chi connectivity index (χ0n) is 10.7. The maximum atomic E-state index is 12.2. The van der Waals surface area contributed by atoms with Crippen molar-refractivity contribution in [3.63, 3.8) is 0 Å². The Kier molecular flexibility index (Phi) is 3.08. The fourth-order valence-corrected chi connectivity index (χ4v) is 2.68. The van der Waals surface area contributed by atoms with Crippen molar-refractivity contribution >= 4 is 5.91 Å². The molecule has 1 saturated carbocycles. The highest BCUT2D eigenvalue weighted by Crippen LogP contribution is 2.35. The van der Waals surface area contributed by atoms with Gasteiger partial charge in [0.25, 0.3) is 0 Å². The lowest BCUT2D eigenvalue weighted by molar-refractivity contribution is -0.146. The van der Waals surface area contributed by atoms with Crippen LogP contribution in [0.4, 0.5) is 0 Å². The molecule has 3 rings (SSSR count). The second-order valence-corrected chi connectivity index (χ2v) is 5.25. The van der Waals surface area contributed by atoms with Gasteiger partial charge in [-0.15, -0.1) is 0 Å². The molecule has 3 nitrogen and oxygen atoms in total. The molecule has 0 N–H and O–H groups in total. The van der Waals surface area contributed by atoms with E-state index >= 15 is 0 Å². The lowest BCUT2D eigenvalue weighted by atomic mass is 10.00. The second-order valence-electron chi connectivity index (χ2n) is 5.25. The van der Waals surface area contributed by atoms with E-state index in [-0.39, 0.29) is 12.1 Å². The first-order valence-corrected chi connectivity index (χ1v) is 6.74. The summed E-state index contributed by atoms with van der Waals surface area (Å²) < 4.78 is 5.86. The minimum atomic E-state index is 0.0163. The first kappa shape index (κ1) is 11.7. The number of ether oxygens (including phenoxy) is 1. The van der Waals surface area contributed by atoms with Crippen molar-refractivity contribution in [2.24, 2.45) is 5.92 Å². The van der Waals surface area contributed by atoms with E-state index in [0.717, 1.165) is 19.4 Å². The van der Waals surface area contributed by atoms with Crippen LogP contribution in [0.15, 0.2) is 30.3 Å². The van der Waals surface area contributed by atoms with Gasteiger partial charge in [0, 0.05) is 12.5 Å². The summed E-state index contributed by atoms with van der Waals surface area (Å²) in [5.41, 5.74) is 1.17. The molecule has 1 aromatic carbocycles. The van der Waals surface area contributed by atoms with Crippen LogP contribution >= 0.6 is 0 Å².